The second kappa shape index (κ2) is 7.33. The summed E-state index contributed by atoms with van der Waals surface area (Å²) >= 11 is 0. The second-order valence-electron chi connectivity index (χ2n) is 5.43. The van der Waals surface area contributed by atoms with Crippen LogP contribution in [-0.4, -0.2) is 18.3 Å². The standard InChI is InChI=1S/C15H22N4O/c1-6-18-19-14-8-7-12(9-17-14)13(10-16-5)20-11-15(2,3)4/h6-10,18H,1,5,11H2,2-4H3,(H,17,19)/b13-10-. The molecule has 1 aromatic rings. The highest BCUT2D eigenvalue weighted by molar-refractivity contribution is 5.60. The van der Waals surface area contributed by atoms with Gasteiger partial charge in [0, 0.05) is 18.0 Å². The van der Waals surface area contributed by atoms with Gasteiger partial charge in [0.15, 0.2) is 0 Å². The van der Waals surface area contributed by atoms with Crippen LogP contribution in [0.15, 0.2) is 42.3 Å². The van der Waals surface area contributed by atoms with Crippen molar-refractivity contribution in [1.82, 2.24) is 10.4 Å². The average Bonchev–Trinajstić information content (AvgIpc) is 2.41. The van der Waals surface area contributed by atoms with Gasteiger partial charge in [0.05, 0.1) is 12.8 Å². The Morgan fingerprint density at radius 3 is 2.70 bits per heavy atom. The fourth-order valence-corrected chi connectivity index (χ4v) is 1.31. The first-order valence-corrected chi connectivity index (χ1v) is 6.34. The maximum atomic E-state index is 5.79. The summed E-state index contributed by atoms with van der Waals surface area (Å²) in [6, 6.07) is 3.74. The van der Waals surface area contributed by atoms with E-state index in [-0.39, 0.29) is 5.41 Å². The molecule has 5 heteroatoms. The minimum atomic E-state index is 0.0725. The van der Waals surface area contributed by atoms with Gasteiger partial charge in [0.2, 0.25) is 0 Å². The Morgan fingerprint density at radius 2 is 2.20 bits per heavy atom. The first kappa shape index (κ1) is 15.8. The van der Waals surface area contributed by atoms with Crippen molar-refractivity contribution in [1.29, 1.82) is 0 Å². The summed E-state index contributed by atoms with van der Waals surface area (Å²) in [5, 5.41) is 0. The Hall–Kier alpha value is -2.30. The fourth-order valence-electron chi connectivity index (χ4n) is 1.31. The summed E-state index contributed by atoms with van der Waals surface area (Å²) in [6.45, 7) is 13.9. The highest BCUT2D eigenvalue weighted by Gasteiger charge is 2.13. The van der Waals surface area contributed by atoms with Gasteiger partial charge in [-0.3, -0.25) is 10.4 Å². The van der Waals surface area contributed by atoms with E-state index in [9.17, 15) is 0 Å². The van der Waals surface area contributed by atoms with E-state index in [4.69, 9.17) is 4.74 Å². The average molecular weight is 274 g/mol. The van der Waals surface area contributed by atoms with Crippen molar-refractivity contribution >= 4 is 18.3 Å². The number of aromatic nitrogens is 1. The molecule has 1 aromatic heterocycles. The molecule has 0 unspecified atom stereocenters. The molecule has 20 heavy (non-hydrogen) atoms. The normalized spacial score (nSPS) is 11.7. The quantitative estimate of drug-likeness (QED) is 0.455. The largest absolute Gasteiger partial charge is 0.491 e. The third-order valence-corrected chi connectivity index (χ3v) is 2.22. The number of rotatable bonds is 7. The molecule has 108 valence electrons. The molecule has 1 heterocycles. The lowest BCUT2D eigenvalue weighted by atomic mass is 9.98. The van der Waals surface area contributed by atoms with Gasteiger partial charge in [0.25, 0.3) is 0 Å². The van der Waals surface area contributed by atoms with Crippen molar-refractivity contribution in [2.45, 2.75) is 20.8 Å². The zero-order chi connectivity index (χ0) is 15.0. The van der Waals surface area contributed by atoms with Crippen molar-refractivity contribution in [2.24, 2.45) is 10.4 Å². The first-order chi connectivity index (χ1) is 9.46. The van der Waals surface area contributed by atoms with Crippen LogP contribution in [0.4, 0.5) is 5.82 Å². The molecule has 0 aliphatic rings. The van der Waals surface area contributed by atoms with Crippen molar-refractivity contribution < 1.29 is 4.74 Å². The highest BCUT2D eigenvalue weighted by atomic mass is 16.5. The van der Waals surface area contributed by atoms with Crippen LogP contribution < -0.4 is 10.9 Å². The molecular weight excluding hydrogens is 252 g/mol. The first-order valence-electron chi connectivity index (χ1n) is 6.34. The molecule has 0 atom stereocenters. The zero-order valence-corrected chi connectivity index (χ0v) is 12.3. The summed E-state index contributed by atoms with van der Waals surface area (Å²) in [5.74, 6) is 1.35. The van der Waals surface area contributed by atoms with E-state index >= 15 is 0 Å². The van der Waals surface area contributed by atoms with Crippen molar-refractivity contribution in [3.8, 4) is 0 Å². The third-order valence-electron chi connectivity index (χ3n) is 2.22. The minimum absolute atomic E-state index is 0.0725. The monoisotopic (exact) mass is 274 g/mol. The van der Waals surface area contributed by atoms with Crippen LogP contribution in [-0.2, 0) is 4.74 Å². The molecule has 0 spiro atoms. The Labute approximate surface area is 120 Å². The van der Waals surface area contributed by atoms with Gasteiger partial charge in [-0.1, -0.05) is 27.4 Å². The number of aliphatic imine (C=N–C) groups is 1. The molecule has 0 fully saturated rings. The van der Waals surface area contributed by atoms with E-state index < -0.39 is 0 Å². The van der Waals surface area contributed by atoms with Crippen LogP contribution in [0.2, 0.25) is 0 Å². The predicted molar refractivity (Wildman–Crippen MR) is 84.1 cm³/mol. The topological polar surface area (TPSA) is 58.5 Å². The summed E-state index contributed by atoms with van der Waals surface area (Å²) in [5.41, 5.74) is 6.56. The Balaban J connectivity index is 2.79. The molecule has 0 bridgehead atoms. The van der Waals surface area contributed by atoms with E-state index in [2.05, 4.69) is 54.9 Å². The molecular formula is C15H22N4O. The minimum Gasteiger partial charge on any atom is -0.491 e. The number of nitrogens with one attached hydrogen (secondary N) is 2. The Kier molecular flexibility index (Phi) is 5.77. The smallest absolute Gasteiger partial charge is 0.146 e. The maximum absolute atomic E-state index is 5.79. The lowest BCUT2D eigenvalue weighted by Crippen LogP contribution is -2.15. The van der Waals surface area contributed by atoms with Crippen LogP contribution >= 0.6 is 0 Å². The number of hydrazine groups is 1. The molecule has 2 N–H and O–H groups in total. The SMILES string of the molecule is C=CNNc1ccc(/C(=C/N=C)OCC(C)(C)C)cn1. The number of ether oxygens (including phenoxy) is 1. The number of pyridine rings is 1. The third kappa shape index (κ3) is 5.56. The second-order valence-corrected chi connectivity index (χ2v) is 5.43. The molecule has 0 radical (unpaired) electrons. The van der Waals surface area contributed by atoms with Crippen molar-refractivity contribution in [2.75, 3.05) is 12.0 Å². The van der Waals surface area contributed by atoms with E-state index in [0.717, 1.165) is 5.56 Å². The fraction of sp³-hybridized carbons (Fsp3) is 0.333. The Bertz CT molecular complexity index is 472. The van der Waals surface area contributed by atoms with Gasteiger partial charge >= 0.3 is 0 Å². The molecule has 5 nitrogen and oxygen atoms in total. The number of nitrogens with zero attached hydrogens (tertiary/aromatic N) is 2. The van der Waals surface area contributed by atoms with Gasteiger partial charge in [-0.25, -0.2) is 4.98 Å². The lowest BCUT2D eigenvalue weighted by Gasteiger charge is -2.20. The van der Waals surface area contributed by atoms with Gasteiger partial charge in [0.1, 0.15) is 11.6 Å². The summed E-state index contributed by atoms with van der Waals surface area (Å²) in [4.78, 5) is 8.04. The zero-order valence-electron chi connectivity index (χ0n) is 12.3. The summed E-state index contributed by atoms with van der Waals surface area (Å²) in [7, 11) is 0. The van der Waals surface area contributed by atoms with E-state index in [1.165, 1.54) is 6.20 Å². The van der Waals surface area contributed by atoms with Gasteiger partial charge in [-0.15, -0.1) is 0 Å². The van der Waals surface area contributed by atoms with Crippen LogP contribution in [0.1, 0.15) is 26.3 Å². The van der Waals surface area contributed by atoms with Gasteiger partial charge in [-0.2, -0.15) is 0 Å². The van der Waals surface area contributed by atoms with Crippen molar-refractivity contribution in [3.63, 3.8) is 0 Å². The highest BCUT2D eigenvalue weighted by Crippen LogP contribution is 2.21. The molecule has 0 amide bonds. The number of hydrogen-bond acceptors (Lipinski definition) is 5. The number of anilines is 1. The van der Waals surface area contributed by atoms with Crippen LogP contribution in [0.25, 0.3) is 5.76 Å². The predicted octanol–water partition coefficient (Wildman–Crippen LogP) is 3.20. The molecule has 0 aliphatic carbocycles. The van der Waals surface area contributed by atoms with Crippen molar-refractivity contribution in [3.05, 3.63) is 42.9 Å². The number of hydrogen-bond donors (Lipinski definition) is 2. The van der Waals surface area contributed by atoms with Crippen LogP contribution in [0, 0.1) is 5.41 Å². The van der Waals surface area contributed by atoms with Crippen LogP contribution in [0.3, 0.4) is 0 Å². The summed E-state index contributed by atoms with van der Waals surface area (Å²) < 4.78 is 5.79. The summed E-state index contributed by atoms with van der Waals surface area (Å²) in [6.07, 6.45) is 4.85. The maximum Gasteiger partial charge on any atom is 0.146 e. The van der Waals surface area contributed by atoms with Crippen LogP contribution in [0.5, 0.6) is 0 Å². The molecule has 1 rings (SSSR count). The molecule has 0 saturated heterocycles. The van der Waals surface area contributed by atoms with Gasteiger partial charge < -0.3 is 10.2 Å². The lowest BCUT2D eigenvalue weighted by molar-refractivity contribution is 0.169. The molecule has 0 aromatic carbocycles. The molecule has 0 saturated carbocycles. The van der Waals surface area contributed by atoms with Gasteiger partial charge in [-0.05, 0) is 24.3 Å². The van der Waals surface area contributed by atoms with E-state index in [0.29, 0.717) is 18.2 Å². The van der Waals surface area contributed by atoms with E-state index in [1.54, 1.807) is 12.4 Å². The molecule has 0 aliphatic heterocycles. The Morgan fingerprint density at radius 1 is 1.45 bits per heavy atom. The van der Waals surface area contributed by atoms with E-state index in [1.807, 2.05) is 12.1 Å².